The Balaban J connectivity index is 1.74. The van der Waals surface area contributed by atoms with Crippen molar-refractivity contribution in [2.24, 2.45) is 0 Å². The molecule has 0 aromatic heterocycles. The van der Waals surface area contributed by atoms with E-state index in [1.165, 1.54) is 12.1 Å². The van der Waals surface area contributed by atoms with Crippen LogP contribution in [0.25, 0.3) is 0 Å². The molecule has 0 aliphatic carbocycles. The summed E-state index contributed by atoms with van der Waals surface area (Å²) in [5.74, 6) is -0.895. The SMILES string of the molecule is O=C(O[C@H]1CS(=O)(=O)C[C@H]1Nc1ccc(Cl)cc1)c1ccc(Cl)cc1. The van der Waals surface area contributed by atoms with E-state index in [2.05, 4.69) is 5.32 Å². The van der Waals surface area contributed by atoms with Crippen LogP contribution in [0.4, 0.5) is 5.69 Å². The van der Waals surface area contributed by atoms with Crippen LogP contribution in [0.1, 0.15) is 10.4 Å². The Hall–Kier alpha value is -1.76. The van der Waals surface area contributed by atoms with Crippen LogP contribution in [0.2, 0.25) is 10.0 Å². The number of carbonyl (C=O) groups excluding carboxylic acids is 1. The molecule has 2 atom stereocenters. The Kier molecular flexibility index (Phi) is 5.22. The number of halogens is 2. The van der Waals surface area contributed by atoms with Crippen molar-refractivity contribution < 1.29 is 17.9 Å². The molecule has 132 valence electrons. The van der Waals surface area contributed by atoms with E-state index >= 15 is 0 Å². The van der Waals surface area contributed by atoms with Gasteiger partial charge in [-0.15, -0.1) is 0 Å². The largest absolute Gasteiger partial charge is 0.455 e. The zero-order chi connectivity index (χ0) is 18.0. The molecule has 1 N–H and O–H groups in total. The highest BCUT2D eigenvalue weighted by atomic mass is 35.5. The van der Waals surface area contributed by atoms with Crippen molar-refractivity contribution in [3.05, 3.63) is 64.1 Å². The van der Waals surface area contributed by atoms with Crippen molar-refractivity contribution in [2.45, 2.75) is 12.1 Å². The normalized spacial score (nSPS) is 21.7. The van der Waals surface area contributed by atoms with Crippen LogP contribution < -0.4 is 5.32 Å². The average Bonchev–Trinajstić information content (AvgIpc) is 2.83. The van der Waals surface area contributed by atoms with Crippen molar-refractivity contribution in [1.29, 1.82) is 0 Å². The Morgan fingerprint density at radius 2 is 1.52 bits per heavy atom. The Bertz CT molecular complexity index is 867. The Labute approximate surface area is 155 Å². The minimum absolute atomic E-state index is 0.103. The molecule has 1 fully saturated rings. The van der Waals surface area contributed by atoms with Crippen LogP contribution in [0.15, 0.2) is 48.5 Å². The fourth-order valence-electron chi connectivity index (χ4n) is 2.62. The van der Waals surface area contributed by atoms with E-state index in [1.54, 1.807) is 36.4 Å². The third-order valence-corrected chi connectivity index (χ3v) is 6.04. The summed E-state index contributed by atoms with van der Waals surface area (Å²) in [7, 11) is -3.29. The molecule has 25 heavy (non-hydrogen) atoms. The third-order valence-electron chi connectivity index (χ3n) is 3.84. The lowest BCUT2D eigenvalue weighted by Gasteiger charge is -2.21. The predicted octanol–water partition coefficient (Wildman–Crippen LogP) is 3.43. The van der Waals surface area contributed by atoms with Crippen molar-refractivity contribution in [3.8, 4) is 0 Å². The summed E-state index contributed by atoms with van der Waals surface area (Å²) in [6.07, 6.45) is -0.774. The first-order valence-corrected chi connectivity index (χ1v) is 10.1. The maximum atomic E-state index is 12.3. The summed E-state index contributed by atoms with van der Waals surface area (Å²) >= 11 is 11.6. The summed E-state index contributed by atoms with van der Waals surface area (Å²) in [5.41, 5.74) is 1.03. The lowest BCUT2D eigenvalue weighted by atomic mass is 10.2. The molecule has 8 heteroatoms. The van der Waals surface area contributed by atoms with Gasteiger partial charge in [-0.3, -0.25) is 0 Å². The molecule has 1 saturated heterocycles. The highest BCUT2D eigenvalue weighted by molar-refractivity contribution is 7.91. The van der Waals surface area contributed by atoms with Crippen molar-refractivity contribution in [2.75, 3.05) is 16.8 Å². The molecule has 0 saturated carbocycles. The van der Waals surface area contributed by atoms with Gasteiger partial charge in [0.25, 0.3) is 0 Å². The second-order valence-electron chi connectivity index (χ2n) is 5.79. The number of rotatable bonds is 4. The van der Waals surface area contributed by atoms with E-state index in [0.717, 1.165) is 0 Å². The molecule has 1 aliphatic rings. The fraction of sp³-hybridized carbons (Fsp3) is 0.235. The maximum Gasteiger partial charge on any atom is 0.338 e. The number of hydrogen-bond acceptors (Lipinski definition) is 5. The van der Waals surface area contributed by atoms with Gasteiger partial charge in [0.15, 0.2) is 9.84 Å². The van der Waals surface area contributed by atoms with Gasteiger partial charge in [-0.25, -0.2) is 13.2 Å². The van der Waals surface area contributed by atoms with Gasteiger partial charge in [-0.05, 0) is 48.5 Å². The summed E-state index contributed by atoms with van der Waals surface area (Å²) in [5, 5.41) is 4.18. The highest BCUT2D eigenvalue weighted by Crippen LogP contribution is 2.23. The monoisotopic (exact) mass is 399 g/mol. The molecule has 0 bridgehead atoms. The smallest absolute Gasteiger partial charge is 0.338 e. The third kappa shape index (κ3) is 4.66. The molecule has 2 aromatic rings. The van der Waals surface area contributed by atoms with Crippen molar-refractivity contribution in [1.82, 2.24) is 0 Å². The average molecular weight is 400 g/mol. The molecule has 0 spiro atoms. The molecular formula is C17H15Cl2NO4S. The van der Waals surface area contributed by atoms with Gasteiger partial charge < -0.3 is 10.1 Å². The zero-order valence-electron chi connectivity index (χ0n) is 13.0. The molecule has 1 aliphatic heterocycles. The first-order chi connectivity index (χ1) is 11.8. The van der Waals surface area contributed by atoms with Gasteiger partial charge in [-0.2, -0.15) is 0 Å². The van der Waals surface area contributed by atoms with E-state index in [9.17, 15) is 13.2 Å². The lowest BCUT2D eigenvalue weighted by molar-refractivity contribution is 0.0337. The summed E-state index contributed by atoms with van der Waals surface area (Å²) in [6.45, 7) is 0. The van der Waals surface area contributed by atoms with Gasteiger partial charge in [0.2, 0.25) is 0 Å². The van der Waals surface area contributed by atoms with Crippen molar-refractivity contribution in [3.63, 3.8) is 0 Å². The number of esters is 1. The van der Waals surface area contributed by atoms with Gasteiger partial charge in [0.05, 0.1) is 23.1 Å². The quantitative estimate of drug-likeness (QED) is 0.797. The van der Waals surface area contributed by atoms with Crippen LogP contribution >= 0.6 is 23.2 Å². The summed E-state index contributed by atoms with van der Waals surface area (Å²) in [6, 6.07) is 12.6. The van der Waals surface area contributed by atoms with Gasteiger partial charge >= 0.3 is 5.97 Å². The van der Waals surface area contributed by atoms with Gasteiger partial charge in [0, 0.05) is 15.7 Å². The van der Waals surface area contributed by atoms with E-state index in [-0.39, 0.29) is 11.5 Å². The molecule has 5 nitrogen and oxygen atoms in total. The van der Waals surface area contributed by atoms with E-state index in [4.69, 9.17) is 27.9 Å². The first kappa shape index (κ1) is 18.0. The number of benzene rings is 2. The zero-order valence-corrected chi connectivity index (χ0v) is 15.3. The van der Waals surface area contributed by atoms with Crippen LogP contribution in [0, 0.1) is 0 Å². The standard InChI is InChI=1S/C17H15Cl2NO4S/c18-12-3-1-11(2-4-12)17(21)24-16-10-25(22,23)9-15(16)20-14-7-5-13(19)6-8-14/h1-8,15-16,20H,9-10H2/t15-,16+/m1/s1. The van der Waals surface area contributed by atoms with E-state index < -0.39 is 28.0 Å². The minimum atomic E-state index is -3.29. The van der Waals surface area contributed by atoms with E-state index in [1.807, 2.05) is 0 Å². The number of ether oxygens (including phenoxy) is 1. The number of sulfone groups is 1. The molecule has 2 aromatic carbocycles. The Morgan fingerprint density at radius 3 is 2.12 bits per heavy atom. The summed E-state index contributed by atoms with van der Waals surface area (Å²) in [4.78, 5) is 12.3. The van der Waals surface area contributed by atoms with Gasteiger partial charge in [0.1, 0.15) is 6.10 Å². The fourth-order valence-corrected chi connectivity index (χ4v) is 4.65. The number of hydrogen-bond donors (Lipinski definition) is 1. The summed E-state index contributed by atoms with van der Waals surface area (Å²) < 4.78 is 29.4. The highest BCUT2D eigenvalue weighted by Gasteiger charge is 2.40. The van der Waals surface area contributed by atoms with Crippen LogP contribution in [0.3, 0.4) is 0 Å². The lowest BCUT2D eigenvalue weighted by Crippen LogP contribution is -2.35. The molecule has 1 heterocycles. The molecule has 3 rings (SSSR count). The van der Waals surface area contributed by atoms with Gasteiger partial charge in [-0.1, -0.05) is 23.2 Å². The van der Waals surface area contributed by atoms with Crippen LogP contribution in [0.5, 0.6) is 0 Å². The van der Waals surface area contributed by atoms with Crippen molar-refractivity contribution >= 4 is 44.7 Å². The minimum Gasteiger partial charge on any atom is -0.455 e. The number of anilines is 1. The predicted molar refractivity (Wildman–Crippen MR) is 98.2 cm³/mol. The van der Waals surface area contributed by atoms with Crippen LogP contribution in [-0.4, -0.2) is 38.0 Å². The second kappa shape index (κ2) is 7.23. The molecule has 0 radical (unpaired) electrons. The number of nitrogens with one attached hydrogen (secondary N) is 1. The number of carbonyl (C=O) groups is 1. The second-order valence-corrected chi connectivity index (χ2v) is 8.81. The molecule has 0 amide bonds. The first-order valence-electron chi connectivity index (χ1n) is 7.51. The Morgan fingerprint density at radius 1 is 0.960 bits per heavy atom. The molecule has 0 unspecified atom stereocenters. The molecular weight excluding hydrogens is 385 g/mol. The van der Waals surface area contributed by atoms with Crippen LogP contribution in [-0.2, 0) is 14.6 Å². The van der Waals surface area contributed by atoms with E-state index in [0.29, 0.717) is 21.3 Å². The maximum absolute atomic E-state index is 12.3. The topological polar surface area (TPSA) is 72.5 Å².